The van der Waals surface area contributed by atoms with Crippen molar-refractivity contribution in [3.63, 3.8) is 0 Å². The summed E-state index contributed by atoms with van der Waals surface area (Å²) in [4.78, 5) is 2.18. The van der Waals surface area contributed by atoms with E-state index in [-0.39, 0.29) is 0 Å². The molecule has 0 aliphatic rings. The van der Waals surface area contributed by atoms with Crippen molar-refractivity contribution in [2.75, 3.05) is 21.3 Å². The van der Waals surface area contributed by atoms with E-state index >= 15 is 0 Å². The smallest absolute Gasteiger partial charge is 0.127 e. The van der Waals surface area contributed by atoms with E-state index in [0.29, 0.717) is 5.56 Å². The summed E-state index contributed by atoms with van der Waals surface area (Å²) in [6.45, 7) is 1.52. The van der Waals surface area contributed by atoms with Crippen molar-refractivity contribution in [1.82, 2.24) is 4.90 Å². The average Bonchev–Trinajstić information content (AvgIpc) is 2.55. The monoisotopic (exact) mass is 296 g/mol. The second-order valence-corrected chi connectivity index (χ2v) is 5.16. The Bertz CT molecular complexity index is 677. The first-order valence-corrected chi connectivity index (χ1v) is 7.04. The van der Waals surface area contributed by atoms with Gasteiger partial charge in [-0.2, -0.15) is 5.26 Å². The molecule has 0 unspecified atom stereocenters. The Morgan fingerprint density at radius 3 is 2.55 bits per heavy atom. The van der Waals surface area contributed by atoms with E-state index in [1.807, 2.05) is 49.5 Å². The second kappa shape index (κ2) is 7.48. The Labute approximate surface area is 131 Å². The molecular formula is C18H20N2O2. The molecule has 0 aliphatic carbocycles. The van der Waals surface area contributed by atoms with Gasteiger partial charge in [0.1, 0.15) is 11.5 Å². The normalized spacial score (nSPS) is 10.3. The van der Waals surface area contributed by atoms with Crippen LogP contribution < -0.4 is 9.47 Å². The van der Waals surface area contributed by atoms with E-state index in [4.69, 9.17) is 14.7 Å². The molecule has 0 aromatic heterocycles. The van der Waals surface area contributed by atoms with E-state index in [0.717, 1.165) is 35.7 Å². The lowest BCUT2D eigenvalue weighted by molar-refractivity contribution is 0.309. The quantitative estimate of drug-likeness (QED) is 0.821. The lowest BCUT2D eigenvalue weighted by Crippen LogP contribution is -2.17. The van der Waals surface area contributed by atoms with E-state index < -0.39 is 0 Å². The van der Waals surface area contributed by atoms with Gasteiger partial charge in [-0.15, -0.1) is 0 Å². The standard InChI is InChI=1S/C18H20N2O2/c1-20(12-15-6-4-5-14(9-15)11-19)13-16-7-8-17(21-2)10-18(16)22-3/h4-10H,12-13H2,1-3H3. The molecule has 0 bridgehead atoms. The largest absolute Gasteiger partial charge is 0.497 e. The van der Waals surface area contributed by atoms with Crippen LogP contribution in [0.15, 0.2) is 42.5 Å². The van der Waals surface area contributed by atoms with Crippen LogP contribution in [0.25, 0.3) is 0 Å². The zero-order valence-corrected chi connectivity index (χ0v) is 13.2. The topological polar surface area (TPSA) is 45.5 Å². The predicted octanol–water partition coefficient (Wildman–Crippen LogP) is 3.21. The van der Waals surface area contributed by atoms with Crippen molar-refractivity contribution in [3.8, 4) is 17.6 Å². The lowest BCUT2D eigenvalue weighted by Gasteiger charge is -2.19. The van der Waals surface area contributed by atoms with Crippen LogP contribution in [-0.2, 0) is 13.1 Å². The number of methoxy groups -OCH3 is 2. The summed E-state index contributed by atoms with van der Waals surface area (Å²) < 4.78 is 10.6. The van der Waals surface area contributed by atoms with Crippen LogP contribution in [0, 0.1) is 11.3 Å². The molecule has 2 aromatic rings. The summed E-state index contributed by atoms with van der Waals surface area (Å²) >= 11 is 0. The van der Waals surface area contributed by atoms with Crippen LogP contribution in [0.3, 0.4) is 0 Å². The third kappa shape index (κ3) is 4.00. The van der Waals surface area contributed by atoms with E-state index in [2.05, 4.69) is 11.0 Å². The van der Waals surface area contributed by atoms with Crippen LogP contribution in [0.2, 0.25) is 0 Å². The Kier molecular flexibility index (Phi) is 5.40. The van der Waals surface area contributed by atoms with Gasteiger partial charge in [0.25, 0.3) is 0 Å². The summed E-state index contributed by atoms with van der Waals surface area (Å²) in [6, 6.07) is 15.7. The molecule has 0 spiro atoms. The molecule has 0 amide bonds. The van der Waals surface area contributed by atoms with Gasteiger partial charge < -0.3 is 9.47 Å². The van der Waals surface area contributed by atoms with Crippen LogP contribution in [0.4, 0.5) is 0 Å². The number of nitriles is 1. The SMILES string of the molecule is COc1ccc(CN(C)Cc2cccc(C#N)c2)c(OC)c1. The van der Waals surface area contributed by atoms with Crippen LogP contribution in [0.1, 0.15) is 16.7 Å². The number of hydrogen-bond donors (Lipinski definition) is 0. The van der Waals surface area contributed by atoms with Gasteiger partial charge >= 0.3 is 0 Å². The molecule has 0 saturated heterocycles. The number of benzene rings is 2. The van der Waals surface area contributed by atoms with E-state index in [1.54, 1.807) is 14.2 Å². The maximum absolute atomic E-state index is 8.96. The first-order chi connectivity index (χ1) is 10.7. The molecule has 22 heavy (non-hydrogen) atoms. The number of nitrogens with zero attached hydrogens (tertiary/aromatic N) is 2. The van der Waals surface area contributed by atoms with Gasteiger partial charge in [0.2, 0.25) is 0 Å². The highest BCUT2D eigenvalue weighted by Gasteiger charge is 2.09. The van der Waals surface area contributed by atoms with Crippen molar-refractivity contribution in [2.45, 2.75) is 13.1 Å². The van der Waals surface area contributed by atoms with Crippen molar-refractivity contribution in [3.05, 3.63) is 59.2 Å². The molecule has 2 aromatic carbocycles. The fourth-order valence-corrected chi connectivity index (χ4v) is 2.38. The zero-order chi connectivity index (χ0) is 15.9. The van der Waals surface area contributed by atoms with Crippen molar-refractivity contribution >= 4 is 0 Å². The molecule has 2 rings (SSSR count). The average molecular weight is 296 g/mol. The van der Waals surface area contributed by atoms with Crippen molar-refractivity contribution in [2.24, 2.45) is 0 Å². The fraction of sp³-hybridized carbons (Fsp3) is 0.278. The van der Waals surface area contributed by atoms with E-state index in [1.165, 1.54) is 0 Å². The maximum Gasteiger partial charge on any atom is 0.127 e. The van der Waals surface area contributed by atoms with Crippen LogP contribution in [-0.4, -0.2) is 26.2 Å². The number of hydrogen-bond acceptors (Lipinski definition) is 4. The zero-order valence-electron chi connectivity index (χ0n) is 13.2. The minimum absolute atomic E-state index is 0.688. The summed E-state index contributed by atoms with van der Waals surface area (Å²) in [6.07, 6.45) is 0. The highest BCUT2D eigenvalue weighted by molar-refractivity contribution is 5.40. The van der Waals surface area contributed by atoms with Gasteiger partial charge in [-0.3, -0.25) is 4.90 Å². The molecule has 0 radical (unpaired) electrons. The molecule has 0 fully saturated rings. The Morgan fingerprint density at radius 1 is 1.05 bits per heavy atom. The van der Waals surface area contributed by atoms with Gasteiger partial charge in [-0.05, 0) is 30.8 Å². The predicted molar refractivity (Wildman–Crippen MR) is 85.9 cm³/mol. The summed E-state index contributed by atoms with van der Waals surface area (Å²) in [5.74, 6) is 1.60. The number of ether oxygens (including phenoxy) is 2. The lowest BCUT2D eigenvalue weighted by atomic mass is 10.1. The molecule has 114 valence electrons. The van der Waals surface area contributed by atoms with Gasteiger partial charge in [0.15, 0.2) is 0 Å². The highest BCUT2D eigenvalue weighted by atomic mass is 16.5. The van der Waals surface area contributed by atoms with Gasteiger partial charge in [0.05, 0.1) is 25.9 Å². The molecule has 4 nitrogen and oxygen atoms in total. The van der Waals surface area contributed by atoms with Gasteiger partial charge in [-0.25, -0.2) is 0 Å². The fourth-order valence-electron chi connectivity index (χ4n) is 2.38. The summed E-state index contributed by atoms with van der Waals surface area (Å²) in [5, 5.41) is 8.96. The summed E-state index contributed by atoms with van der Waals surface area (Å²) in [7, 11) is 5.35. The maximum atomic E-state index is 8.96. The Morgan fingerprint density at radius 2 is 1.86 bits per heavy atom. The van der Waals surface area contributed by atoms with Gasteiger partial charge in [0, 0.05) is 24.7 Å². The molecule has 0 atom stereocenters. The number of rotatable bonds is 6. The molecule has 0 saturated carbocycles. The van der Waals surface area contributed by atoms with Crippen molar-refractivity contribution < 1.29 is 9.47 Å². The molecular weight excluding hydrogens is 276 g/mol. The van der Waals surface area contributed by atoms with E-state index in [9.17, 15) is 0 Å². The molecule has 0 aliphatic heterocycles. The van der Waals surface area contributed by atoms with Crippen molar-refractivity contribution in [1.29, 1.82) is 5.26 Å². The third-order valence-corrected chi connectivity index (χ3v) is 3.44. The first kappa shape index (κ1) is 15.9. The Balaban J connectivity index is 2.08. The molecule has 4 heteroatoms. The Hall–Kier alpha value is -2.51. The molecule has 0 N–H and O–H groups in total. The summed E-state index contributed by atoms with van der Waals surface area (Å²) in [5.41, 5.74) is 2.91. The minimum Gasteiger partial charge on any atom is -0.497 e. The van der Waals surface area contributed by atoms with Gasteiger partial charge in [-0.1, -0.05) is 18.2 Å². The van der Waals surface area contributed by atoms with Crippen LogP contribution >= 0.6 is 0 Å². The minimum atomic E-state index is 0.688. The second-order valence-electron chi connectivity index (χ2n) is 5.16. The first-order valence-electron chi connectivity index (χ1n) is 7.04. The molecule has 0 heterocycles. The highest BCUT2D eigenvalue weighted by Crippen LogP contribution is 2.25. The van der Waals surface area contributed by atoms with Crippen LogP contribution in [0.5, 0.6) is 11.5 Å². The third-order valence-electron chi connectivity index (χ3n) is 3.44.